The Hall–Kier alpha value is -1.07. The van der Waals surface area contributed by atoms with Gasteiger partial charge in [0.05, 0.1) is 25.4 Å². The van der Waals surface area contributed by atoms with Crippen LogP contribution in [0.3, 0.4) is 0 Å². The monoisotopic (exact) mass is 672 g/mol. The van der Waals surface area contributed by atoms with Crippen molar-refractivity contribution in [2.75, 3.05) is 13.2 Å². The van der Waals surface area contributed by atoms with Gasteiger partial charge >= 0.3 is 0 Å². The number of rotatable bonds is 31. The number of hydrogen-bond acceptors (Lipinski definition) is 8. The lowest BCUT2D eigenvalue weighted by Gasteiger charge is -2.40. The van der Waals surface area contributed by atoms with Crippen LogP contribution in [0.5, 0.6) is 0 Å². The largest absolute Gasteiger partial charge is 0.394 e. The van der Waals surface area contributed by atoms with Crippen molar-refractivity contribution in [2.45, 2.75) is 211 Å². The predicted molar refractivity (Wildman–Crippen MR) is 189 cm³/mol. The van der Waals surface area contributed by atoms with Gasteiger partial charge in [-0.2, -0.15) is 0 Å². The van der Waals surface area contributed by atoms with E-state index in [0.29, 0.717) is 6.42 Å². The molecule has 0 aromatic rings. The molecule has 0 aromatic carbocycles. The van der Waals surface area contributed by atoms with E-state index in [1.165, 1.54) is 109 Å². The maximum absolute atomic E-state index is 12.8. The Morgan fingerprint density at radius 1 is 0.702 bits per heavy atom. The first-order chi connectivity index (χ1) is 22.8. The first-order valence-corrected chi connectivity index (χ1v) is 19.4. The molecule has 0 saturated carbocycles. The molecule has 0 bridgehead atoms. The molecule has 1 heterocycles. The van der Waals surface area contributed by atoms with E-state index >= 15 is 0 Å². The van der Waals surface area contributed by atoms with Crippen molar-refractivity contribution in [1.29, 1.82) is 0 Å². The fourth-order valence-electron chi connectivity index (χ4n) is 6.15. The molecule has 9 nitrogen and oxygen atoms in total. The number of aliphatic hydroxyl groups is 5. The fraction of sp³-hybridized carbons (Fsp3) is 0.921. The van der Waals surface area contributed by atoms with Crippen LogP contribution in [0.4, 0.5) is 0 Å². The van der Waals surface area contributed by atoms with Gasteiger partial charge in [-0.05, 0) is 19.3 Å². The van der Waals surface area contributed by atoms with Crippen LogP contribution in [0, 0.1) is 0 Å². The summed E-state index contributed by atoms with van der Waals surface area (Å²) in [6.07, 6.45) is 23.9. The smallest absolute Gasteiger partial charge is 0.220 e. The average molecular weight is 672 g/mol. The third-order valence-electron chi connectivity index (χ3n) is 9.36. The molecule has 6 N–H and O–H groups in total. The Balaban J connectivity index is 2.46. The molecule has 1 fully saturated rings. The molecule has 0 radical (unpaired) electrons. The fourth-order valence-corrected chi connectivity index (χ4v) is 6.15. The standard InChI is InChI=1S/C38H73NO8/c1-3-5-7-9-11-13-15-16-18-19-21-23-25-27-32(41)31(30-46-38-37(45)36(44)35(43)33(29-40)47-38)39-34(42)28-26-24-22-20-17-14-12-10-8-6-4-2/h25,27,31-33,35-38,40-41,43-45H,3-24,26,28-30H2,1-2H3,(H,39,42)/b27-25-/t31?,32?,33-,35+,36+,37-,38-/m1/s1. The van der Waals surface area contributed by atoms with Gasteiger partial charge in [0.25, 0.3) is 0 Å². The van der Waals surface area contributed by atoms with E-state index in [9.17, 15) is 30.3 Å². The summed E-state index contributed by atoms with van der Waals surface area (Å²) in [6.45, 7) is 3.74. The number of amides is 1. The van der Waals surface area contributed by atoms with Gasteiger partial charge < -0.3 is 40.3 Å². The minimum atomic E-state index is -1.56. The second-order valence-corrected chi connectivity index (χ2v) is 13.7. The highest BCUT2D eigenvalue weighted by molar-refractivity contribution is 5.76. The molecule has 278 valence electrons. The summed E-state index contributed by atoms with van der Waals surface area (Å²) in [7, 11) is 0. The van der Waals surface area contributed by atoms with Crippen LogP contribution < -0.4 is 5.32 Å². The molecule has 47 heavy (non-hydrogen) atoms. The third-order valence-corrected chi connectivity index (χ3v) is 9.36. The van der Waals surface area contributed by atoms with Gasteiger partial charge in [-0.15, -0.1) is 0 Å². The summed E-state index contributed by atoms with van der Waals surface area (Å²) in [5, 5.41) is 53.8. The summed E-state index contributed by atoms with van der Waals surface area (Å²) in [5.74, 6) is -0.179. The van der Waals surface area contributed by atoms with Crippen molar-refractivity contribution in [3.8, 4) is 0 Å². The maximum Gasteiger partial charge on any atom is 0.220 e. The van der Waals surface area contributed by atoms with E-state index in [-0.39, 0.29) is 12.5 Å². The Labute approximate surface area is 286 Å². The van der Waals surface area contributed by atoms with Gasteiger partial charge in [0.15, 0.2) is 6.29 Å². The van der Waals surface area contributed by atoms with E-state index < -0.39 is 49.5 Å². The first kappa shape index (κ1) is 44.0. The molecule has 1 aliphatic rings. The van der Waals surface area contributed by atoms with Crippen molar-refractivity contribution < 1.29 is 39.8 Å². The van der Waals surface area contributed by atoms with Crippen molar-refractivity contribution in [1.82, 2.24) is 5.32 Å². The molecule has 0 aliphatic carbocycles. The quantitative estimate of drug-likeness (QED) is 0.0357. The van der Waals surface area contributed by atoms with E-state index in [4.69, 9.17) is 9.47 Å². The number of nitrogens with one attached hydrogen (secondary N) is 1. The second kappa shape index (κ2) is 29.8. The molecule has 0 spiro atoms. The van der Waals surface area contributed by atoms with Crippen LogP contribution in [0.15, 0.2) is 12.2 Å². The number of unbranched alkanes of at least 4 members (excludes halogenated alkanes) is 21. The first-order valence-electron chi connectivity index (χ1n) is 19.4. The molecule has 1 saturated heterocycles. The lowest BCUT2D eigenvalue weighted by atomic mass is 9.99. The number of ether oxygens (including phenoxy) is 2. The minimum Gasteiger partial charge on any atom is -0.394 e. The third kappa shape index (κ3) is 21.6. The normalized spacial score (nSPS) is 22.9. The lowest BCUT2D eigenvalue weighted by Crippen LogP contribution is -2.60. The van der Waals surface area contributed by atoms with Gasteiger partial charge in [0, 0.05) is 6.42 Å². The Kier molecular flexibility index (Phi) is 27.9. The van der Waals surface area contributed by atoms with Crippen LogP contribution in [0.1, 0.15) is 168 Å². The molecule has 1 rings (SSSR count). The number of aliphatic hydroxyl groups excluding tert-OH is 5. The van der Waals surface area contributed by atoms with E-state index in [1.54, 1.807) is 6.08 Å². The van der Waals surface area contributed by atoms with E-state index in [1.807, 2.05) is 6.08 Å². The Bertz CT molecular complexity index is 751. The highest BCUT2D eigenvalue weighted by atomic mass is 16.7. The molecular weight excluding hydrogens is 598 g/mol. The SMILES string of the molecule is CCCCCCCCCCCCC/C=C\C(O)C(CO[C@@H]1O[C@H](CO)[C@H](O)[C@H](O)[C@H]1O)NC(=O)CCCCCCCCCCCCC. The van der Waals surface area contributed by atoms with Crippen molar-refractivity contribution >= 4 is 5.91 Å². The molecular formula is C38H73NO8. The Morgan fingerprint density at radius 2 is 1.17 bits per heavy atom. The van der Waals surface area contributed by atoms with Gasteiger partial charge in [0.1, 0.15) is 24.4 Å². The van der Waals surface area contributed by atoms with Crippen LogP contribution >= 0.6 is 0 Å². The number of hydrogen-bond donors (Lipinski definition) is 6. The summed E-state index contributed by atoms with van der Waals surface area (Å²) in [4.78, 5) is 12.8. The number of allylic oxidation sites excluding steroid dienone is 1. The van der Waals surface area contributed by atoms with Gasteiger partial charge in [-0.1, -0.05) is 154 Å². The maximum atomic E-state index is 12.8. The number of carbonyl (C=O) groups excluding carboxylic acids is 1. The van der Waals surface area contributed by atoms with Crippen molar-refractivity contribution in [3.05, 3.63) is 12.2 Å². The molecule has 1 aliphatic heterocycles. The number of carbonyl (C=O) groups is 1. The van der Waals surface area contributed by atoms with E-state index in [2.05, 4.69) is 19.2 Å². The molecule has 7 atom stereocenters. The van der Waals surface area contributed by atoms with Crippen LogP contribution in [0.25, 0.3) is 0 Å². The molecule has 9 heteroatoms. The van der Waals surface area contributed by atoms with Gasteiger partial charge in [-0.3, -0.25) is 4.79 Å². The average Bonchev–Trinajstić information content (AvgIpc) is 3.07. The topological polar surface area (TPSA) is 149 Å². The van der Waals surface area contributed by atoms with Gasteiger partial charge in [-0.25, -0.2) is 0 Å². The zero-order valence-electron chi connectivity index (χ0n) is 30.0. The van der Waals surface area contributed by atoms with Gasteiger partial charge in [0.2, 0.25) is 5.91 Å². The second-order valence-electron chi connectivity index (χ2n) is 13.7. The zero-order valence-corrected chi connectivity index (χ0v) is 30.0. The molecule has 2 unspecified atom stereocenters. The lowest BCUT2D eigenvalue weighted by molar-refractivity contribution is -0.302. The molecule has 1 amide bonds. The minimum absolute atomic E-state index is 0.179. The summed E-state index contributed by atoms with van der Waals surface area (Å²) in [6, 6.07) is -0.795. The highest BCUT2D eigenvalue weighted by Gasteiger charge is 2.44. The zero-order chi connectivity index (χ0) is 34.5. The predicted octanol–water partition coefficient (Wildman–Crippen LogP) is 6.61. The van der Waals surface area contributed by atoms with E-state index in [0.717, 1.165) is 38.5 Å². The van der Waals surface area contributed by atoms with Crippen LogP contribution in [-0.2, 0) is 14.3 Å². The molecule has 0 aromatic heterocycles. The van der Waals surface area contributed by atoms with Crippen molar-refractivity contribution in [2.24, 2.45) is 0 Å². The van der Waals surface area contributed by atoms with Crippen molar-refractivity contribution in [3.63, 3.8) is 0 Å². The summed E-state index contributed by atoms with van der Waals surface area (Å²) >= 11 is 0. The Morgan fingerprint density at radius 3 is 1.66 bits per heavy atom. The summed E-state index contributed by atoms with van der Waals surface area (Å²) in [5.41, 5.74) is 0. The van der Waals surface area contributed by atoms with Crippen LogP contribution in [0.2, 0.25) is 0 Å². The summed E-state index contributed by atoms with van der Waals surface area (Å²) < 4.78 is 11.1. The van der Waals surface area contributed by atoms with Crippen LogP contribution in [-0.4, -0.2) is 87.5 Å². The highest BCUT2D eigenvalue weighted by Crippen LogP contribution is 2.22.